The lowest BCUT2D eigenvalue weighted by Crippen LogP contribution is -2.30. The second-order valence-corrected chi connectivity index (χ2v) is 9.12. The Morgan fingerprint density at radius 2 is 1.29 bits per heavy atom. The van der Waals surface area contributed by atoms with E-state index in [4.69, 9.17) is 9.11 Å². The van der Waals surface area contributed by atoms with E-state index >= 15 is 0 Å². The number of hydrogen-bond donors (Lipinski definition) is 2. The van der Waals surface area contributed by atoms with Crippen molar-refractivity contribution in [2.45, 2.75) is 15.6 Å². The molecule has 10 heteroatoms. The van der Waals surface area contributed by atoms with Gasteiger partial charge in [0.2, 0.25) is 0 Å². The summed E-state index contributed by atoms with van der Waals surface area (Å²) in [5, 5.41) is 0.203. The van der Waals surface area contributed by atoms with E-state index in [1.807, 2.05) is 0 Å². The van der Waals surface area contributed by atoms with Crippen LogP contribution in [0.25, 0.3) is 0 Å². The molecular weight excluding hydrogens is 272 g/mol. The van der Waals surface area contributed by atoms with Crippen LogP contribution in [-0.4, -0.2) is 40.2 Å². The van der Waals surface area contributed by atoms with Gasteiger partial charge in [-0.05, 0) is 0 Å². The maximum Gasteiger partial charge on any atom is 0.277 e. The molecule has 84 valence electrons. The van der Waals surface area contributed by atoms with Crippen LogP contribution in [0.4, 0.5) is 0 Å². The van der Waals surface area contributed by atoms with Gasteiger partial charge in [-0.3, -0.25) is 9.11 Å². The van der Waals surface area contributed by atoms with Gasteiger partial charge in [-0.25, -0.2) is 0 Å². The summed E-state index contributed by atoms with van der Waals surface area (Å²) in [6.45, 7) is 0. The van der Waals surface area contributed by atoms with Gasteiger partial charge < -0.3 is 0 Å². The average molecular weight is 280 g/mol. The van der Waals surface area contributed by atoms with Crippen LogP contribution >= 0.6 is 23.5 Å². The molecule has 0 aromatic rings. The van der Waals surface area contributed by atoms with Crippen molar-refractivity contribution < 1.29 is 25.9 Å². The van der Waals surface area contributed by atoms with Crippen LogP contribution in [0.1, 0.15) is 6.42 Å². The van der Waals surface area contributed by atoms with Gasteiger partial charge in [0.05, 0.1) is 0 Å². The van der Waals surface area contributed by atoms with Gasteiger partial charge in [0.1, 0.15) is 9.16 Å². The molecule has 6 nitrogen and oxygen atoms in total. The van der Waals surface area contributed by atoms with Crippen molar-refractivity contribution >= 4 is 43.8 Å². The lowest BCUT2D eigenvalue weighted by atomic mass is 10.5. The van der Waals surface area contributed by atoms with Crippen molar-refractivity contribution in [3.05, 3.63) is 0 Å². The van der Waals surface area contributed by atoms with Gasteiger partial charge in [0.25, 0.3) is 20.2 Å². The summed E-state index contributed by atoms with van der Waals surface area (Å²) in [5.41, 5.74) is 0. The molecule has 1 rings (SSSR count). The first-order valence-electron chi connectivity index (χ1n) is 3.37. The van der Waals surface area contributed by atoms with E-state index in [1.54, 1.807) is 0 Å². The van der Waals surface area contributed by atoms with Crippen LogP contribution in [0.15, 0.2) is 0 Å². The molecular formula is C4H8O6S4. The highest BCUT2D eigenvalue weighted by Gasteiger charge is 2.37. The Labute approximate surface area is 90.3 Å². The summed E-state index contributed by atoms with van der Waals surface area (Å²) in [7, 11) is -8.49. The molecule has 0 spiro atoms. The first-order valence-corrected chi connectivity index (χ1v) is 8.47. The number of hydrogen-bond acceptors (Lipinski definition) is 6. The van der Waals surface area contributed by atoms with Crippen molar-refractivity contribution in [1.29, 1.82) is 0 Å². The summed E-state index contributed by atoms with van der Waals surface area (Å²) in [4.78, 5) is 0. The lowest BCUT2D eigenvalue weighted by Gasteiger charge is -2.23. The maximum absolute atomic E-state index is 10.7. The largest absolute Gasteiger partial charge is 0.285 e. The van der Waals surface area contributed by atoms with Crippen molar-refractivity contribution in [3.63, 3.8) is 0 Å². The van der Waals surface area contributed by atoms with E-state index in [-0.39, 0.29) is 11.5 Å². The Balaban J connectivity index is 2.81. The topological polar surface area (TPSA) is 109 Å². The molecule has 0 bridgehead atoms. The fraction of sp³-hybridized carbons (Fsp3) is 1.00. The second kappa shape index (κ2) is 4.18. The Hall–Kier alpha value is 0.520. The molecule has 1 fully saturated rings. The van der Waals surface area contributed by atoms with Gasteiger partial charge in [-0.1, -0.05) is 0 Å². The van der Waals surface area contributed by atoms with E-state index in [0.717, 1.165) is 23.5 Å². The SMILES string of the molecule is O=S(=O)(O)C1CC(S(=O)(=O)O)SCS1. The van der Waals surface area contributed by atoms with Crippen LogP contribution in [0.3, 0.4) is 0 Å². The zero-order valence-corrected chi connectivity index (χ0v) is 10.00. The van der Waals surface area contributed by atoms with E-state index in [0.29, 0.717) is 0 Å². The molecule has 1 aliphatic rings. The van der Waals surface area contributed by atoms with Crippen molar-refractivity contribution in [2.75, 3.05) is 5.08 Å². The van der Waals surface area contributed by atoms with Crippen LogP contribution in [-0.2, 0) is 20.2 Å². The predicted molar refractivity (Wildman–Crippen MR) is 55.3 cm³/mol. The number of thioether (sulfide) groups is 2. The highest BCUT2D eigenvalue weighted by atomic mass is 32.3. The van der Waals surface area contributed by atoms with Crippen molar-refractivity contribution in [2.24, 2.45) is 0 Å². The molecule has 14 heavy (non-hydrogen) atoms. The van der Waals surface area contributed by atoms with Crippen molar-refractivity contribution in [1.82, 2.24) is 0 Å². The minimum Gasteiger partial charge on any atom is -0.285 e. The highest BCUT2D eigenvalue weighted by Crippen LogP contribution is 2.38. The van der Waals surface area contributed by atoms with Crippen LogP contribution in [0.2, 0.25) is 0 Å². The van der Waals surface area contributed by atoms with E-state index in [1.165, 1.54) is 0 Å². The molecule has 1 aliphatic heterocycles. The smallest absolute Gasteiger partial charge is 0.277 e. The third-order valence-electron chi connectivity index (χ3n) is 1.56. The van der Waals surface area contributed by atoms with Crippen molar-refractivity contribution in [3.8, 4) is 0 Å². The summed E-state index contributed by atoms with van der Waals surface area (Å²) in [6, 6.07) is 0. The molecule has 2 N–H and O–H groups in total. The first-order chi connectivity index (χ1) is 6.21. The Morgan fingerprint density at radius 3 is 1.57 bits per heavy atom. The summed E-state index contributed by atoms with van der Waals surface area (Å²) >= 11 is 1.88. The third kappa shape index (κ3) is 3.28. The summed E-state index contributed by atoms with van der Waals surface area (Å²) in [6.07, 6.45) is -0.299. The van der Waals surface area contributed by atoms with Gasteiger partial charge >= 0.3 is 0 Å². The van der Waals surface area contributed by atoms with E-state index < -0.39 is 29.4 Å². The minimum absolute atomic E-state index is 0.203. The molecule has 2 atom stereocenters. The monoisotopic (exact) mass is 280 g/mol. The summed E-state index contributed by atoms with van der Waals surface area (Å²) < 4.78 is 57.9. The molecule has 2 unspecified atom stereocenters. The fourth-order valence-corrected chi connectivity index (χ4v) is 6.82. The Kier molecular flexibility index (Phi) is 3.76. The molecule has 0 aromatic heterocycles. The lowest BCUT2D eigenvalue weighted by molar-refractivity contribution is 0.470. The quantitative estimate of drug-likeness (QED) is 0.692. The van der Waals surface area contributed by atoms with E-state index in [9.17, 15) is 16.8 Å². The molecule has 0 aromatic carbocycles. The number of rotatable bonds is 2. The zero-order valence-electron chi connectivity index (χ0n) is 6.73. The molecule has 1 saturated heterocycles. The average Bonchev–Trinajstić information content (AvgIpc) is 2.01. The minimum atomic E-state index is -4.25. The normalized spacial score (nSPS) is 30.1. The molecule has 0 aliphatic carbocycles. The zero-order chi connectivity index (χ0) is 11.0. The van der Waals surface area contributed by atoms with Crippen LogP contribution in [0.5, 0.6) is 0 Å². The predicted octanol–water partition coefficient (Wildman–Crippen LogP) is 0.242. The molecule has 0 radical (unpaired) electrons. The first kappa shape index (κ1) is 12.6. The van der Waals surface area contributed by atoms with Gasteiger partial charge in [-0.2, -0.15) is 16.8 Å². The molecule has 0 amide bonds. The van der Waals surface area contributed by atoms with Gasteiger partial charge in [0.15, 0.2) is 0 Å². The molecule has 0 saturated carbocycles. The summed E-state index contributed by atoms with van der Waals surface area (Å²) in [5.74, 6) is 0. The van der Waals surface area contributed by atoms with Gasteiger partial charge in [-0.15, -0.1) is 23.5 Å². The maximum atomic E-state index is 10.7. The Bertz CT molecular complexity index is 358. The molecule has 1 heterocycles. The highest BCUT2D eigenvalue weighted by molar-refractivity contribution is 8.24. The van der Waals surface area contributed by atoms with Crippen LogP contribution < -0.4 is 0 Å². The van der Waals surface area contributed by atoms with E-state index in [2.05, 4.69) is 0 Å². The second-order valence-electron chi connectivity index (χ2n) is 2.58. The third-order valence-corrected chi connectivity index (χ3v) is 7.76. The van der Waals surface area contributed by atoms with Crippen LogP contribution in [0, 0.1) is 0 Å². The van der Waals surface area contributed by atoms with Gasteiger partial charge in [0, 0.05) is 11.5 Å². The fourth-order valence-electron chi connectivity index (χ4n) is 0.899. The Morgan fingerprint density at radius 1 is 0.929 bits per heavy atom. The standard InChI is InChI=1S/C4H8O6S4/c5-13(6,7)3-1-4(12-2-11-3)14(8,9)10/h3-4H,1-2H2,(H,5,6,7)(H,8,9,10).